The zero-order chi connectivity index (χ0) is 5.28. The fraction of sp³-hybridized carbons (Fsp3) is 0.200. The molecule has 0 radical (unpaired) electrons. The van der Waals surface area contributed by atoms with Crippen molar-refractivity contribution in [1.82, 2.24) is 4.57 Å². The van der Waals surface area contributed by atoms with Crippen molar-refractivity contribution in [3.63, 3.8) is 0 Å². The van der Waals surface area contributed by atoms with Crippen LogP contribution in [0.4, 0.5) is 0 Å². The van der Waals surface area contributed by atoms with Crippen molar-refractivity contribution in [2.75, 3.05) is 0 Å². The van der Waals surface area contributed by atoms with Crippen molar-refractivity contribution in [1.29, 1.82) is 0 Å². The van der Waals surface area contributed by atoms with Gasteiger partial charge in [0.15, 0.2) is 0 Å². The van der Waals surface area contributed by atoms with Crippen molar-refractivity contribution < 1.29 is 0 Å². The summed E-state index contributed by atoms with van der Waals surface area (Å²) < 4.78 is 1.90. The first kappa shape index (κ1) is 4.65. The second kappa shape index (κ2) is 1.54. The van der Waals surface area contributed by atoms with Gasteiger partial charge < -0.3 is 17.2 Å². The van der Waals surface area contributed by atoms with Crippen molar-refractivity contribution in [2.24, 2.45) is 7.05 Å². The standard InChI is InChI=1S/C5H7NS/c1-6-4-2-3-5(6)7/h2-4,7H,1H3/p-1. The molecule has 0 aromatic carbocycles. The average molecular weight is 112 g/mol. The summed E-state index contributed by atoms with van der Waals surface area (Å²) in [5.41, 5.74) is 0. The number of nitrogens with zero attached hydrogens (tertiary/aromatic N) is 1. The highest BCUT2D eigenvalue weighted by Gasteiger charge is 1.73. The van der Waals surface area contributed by atoms with Crippen LogP contribution in [0.2, 0.25) is 0 Å². The minimum Gasteiger partial charge on any atom is -0.762 e. The zero-order valence-corrected chi connectivity index (χ0v) is 4.90. The number of hydrogen-bond donors (Lipinski definition) is 0. The molecule has 1 heterocycles. The smallest absolute Gasteiger partial charge is 0.00894 e. The van der Waals surface area contributed by atoms with E-state index in [4.69, 9.17) is 12.6 Å². The largest absolute Gasteiger partial charge is 0.762 e. The molecule has 0 saturated carbocycles. The highest BCUT2D eigenvalue weighted by Crippen LogP contribution is 1.94. The molecule has 38 valence electrons. The van der Waals surface area contributed by atoms with Gasteiger partial charge in [0.25, 0.3) is 0 Å². The minimum atomic E-state index is 0.889. The Labute approximate surface area is 48.4 Å². The van der Waals surface area contributed by atoms with E-state index in [1.165, 1.54) is 0 Å². The Morgan fingerprint density at radius 2 is 2.43 bits per heavy atom. The Kier molecular flexibility index (Phi) is 1.02. The van der Waals surface area contributed by atoms with Crippen LogP contribution in [0.25, 0.3) is 0 Å². The van der Waals surface area contributed by atoms with Gasteiger partial charge in [-0.25, -0.2) is 0 Å². The fourth-order valence-corrected chi connectivity index (χ4v) is 0.585. The van der Waals surface area contributed by atoms with E-state index in [9.17, 15) is 0 Å². The van der Waals surface area contributed by atoms with E-state index in [1.807, 2.05) is 29.9 Å². The Morgan fingerprint density at radius 1 is 1.71 bits per heavy atom. The number of rotatable bonds is 0. The summed E-state index contributed by atoms with van der Waals surface area (Å²) in [6.45, 7) is 0. The molecule has 1 rings (SSSR count). The van der Waals surface area contributed by atoms with E-state index in [0.717, 1.165) is 5.03 Å². The van der Waals surface area contributed by atoms with Crippen molar-refractivity contribution >= 4 is 12.6 Å². The molecule has 0 N–H and O–H groups in total. The van der Waals surface area contributed by atoms with E-state index in [0.29, 0.717) is 0 Å². The summed E-state index contributed by atoms with van der Waals surface area (Å²) >= 11 is 4.85. The molecule has 0 fully saturated rings. The molecule has 7 heavy (non-hydrogen) atoms. The van der Waals surface area contributed by atoms with E-state index in [1.54, 1.807) is 0 Å². The topological polar surface area (TPSA) is 4.93 Å². The second-order valence-corrected chi connectivity index (χ2v) is 1.88. The lowest BCUT2D eigenvalue weighted by Gasteiger charge is -2.03. The monoisotopic (exact) mass is 112 g/mol. The molecule has 1 nitrogen and oxygen atoms in total. The van der Waals surface area contributed by atoms with E-state index in [2.05, 4.69) is 0 Å². The number of hydrogen-bond acceptors (Lipinski definition) is 1. The lowest BCUT2D eigenvalue weighted by atomic mass is 10.7. The zero-order valence-electron chi connectivity index (χ0n) is 4.09. The predicted molar refractivity (Wildman–Crippen MR) is 31.0 cm³/mol. The van der Waals surface area contributed by atoms with E-state index < -0.39 is 0 Å². The van der Waals surface area contributed by atoms with Crippen molar-refractivity contribution in [2.45, 2.75) is 5.03 Å². The van der Waals surface area contributed by atoms with Gasteiger partial charge in [0.05, 0.1) is 0 Å². The van der Waals surface area contributed by atoms with Gasteiger partial charge in [0.1, 0.15) is 0 Å². The first-order valence-corrected chi connectivity index (χ1v) is 2.50. The summed E-state index contributed by atoms with van der Waals surface area (Å²) in [5, 5.41) is 0.889. The summed E-state index contributed by atoms with van der Waals surface area (Å²) in [6.07, 6.45) is 1.93. The quantitative estimate of drug-likeness (QED) is 0.452. The van der Waals surface area contributed by atoms with Gasteiger partial charge in [-0.1, -0.05) is 6.07 Å². The maximum Gasteiger partial charge on any atom is 0.00894 e. The Hall–Kier alpha value is -0.500. The molecule has 0 atom stereocenters. The maximum absolute atomic E-state index is 4.85. The maximum atomic E-state index is 4.85. The highest BCUT2D eigenvalue weighted by atomic mass is 32.1. The molecular weight excluding hydrogens is 106 g/mol. The Morgan fingerprint density at radius 3 is 2.57 bits per heavy atom. The van der Waals surface area contributed by atoms with Gasteiger partial charge in [-0.3, -0.25) is 0 Å². The Balaban J connectivity index is 3.12. The number of aromatic nitrogens is 1. The number of aryl methyl sites for hydroxylation is 1. The van der Waals surface area contributed by atoms with Crippen LogP contribution in [-0.4, -0.2) is 4.57 Å². The second-order valence-electron chi connectivity index (χ2n) is 1.46. The summed E-state index contributed by atoms with van der Waals surface area (Å²) in [4.78, 5) is 0. The first-order valence-electron chi connectivity index (χ1n) is 2.09. The van der Waals surface area contributed by atoms with Crippen LogP contribution in [0.15, 0.2) is 23.4 Å². The molecule has 0 aliphatic rings. The average Bonchev–Trinajstić information content (AvgIpc) is 1.91. The van der Waals surface area contributed by atoms with E-state index >= 15 is 0 Å². The highest BCUT2D eigenvalue weighted by molar-refractivity contribution is 7.58. The molecule has 2 heteroatoms. The summed E-state index contributed by atoms with van der Waals surface area (Å²) in [5.74, 6) is 0. The van der Waals surface area contributed by atoms with Gasteiger partial charge >= 0.3 is 0 Å². The summed E-state index contributed by atoms with van der Waals surface area (Å²) in [6, 6.07) is 3.83. The third-order valence-electron chi connectivity index (χ3n) is 0.896. The molecule has 0 spiro atoms. The van der Waals surface area contributed by atoms with Gasteiger partial charge in [0.2, 0.25) is 0 Å². The molecule has 0 saturated heterocycles. The lowest BCUT2D eigenvalue weighted by molar-refractivity contribution is 0.831. The molecule has 0 bridgehead atoms. The van der Waals surface area contributed by atoms with Crippen LogP contribution in [0.1, 0.15) is 0 Å². The molecule has 1 aromatic heterocycles. The summed E-state index contributed by atoms with van der Waals surface area (Å²) in [7, 11) is 1.93. The van der Waals surface area contributed by atoms with Crippen molar-refractivity contribution in [3.8, 4) is 0 Å². The van der Waals surface area contributed by atoms with Crippen LogP contribution in [0.5, 0.6) is 0 Å². The minimum absolute atomic E-state index is 0.889. The molecule has 1 aromatic rings. The molecule has 0 aliphatic heterocycles. The molecule has 0 amide bonds. The third-order valence-corrected chi connectivity index (χ3v) is 1.32. The van der Waals surface area contributed by atoms with Crippen LogP contribution in [0, 0.1) is 0 Å². The molecule has 0 aliphatic carbocycles. The molecular formula is C5H6NS-. The van der Waals surface area contributed by atoms with Crippen LogP contribution in [-0.2, 0) is 19.7 Å². The first-order chi connectivity index (χ1) is 3.30. The molecule has 0 unspecified atom stereocenters. The van der Waals surface area contributed by atoms with E-state index in [-0.39, 0.29) is 0 Å². The lowest BCUT2D eigenvalue weighted by Crippen LogP contribution is -1.84. The normalized spacial score (nSPS) is 9.29. The third kappa shape index (κ3) is 0.747. The van der Waals surface area contributed by atoms with Gasteiger partial charge in [-0.2, -0.15) is 0 Å². The van der Waals surface area contributed by atoms with Gasteiger partial charge in [-0.15, -0.1) is 5.03 Å². The van der Waals surface area contributed by atoms with Gasteiger partial charge in [-0.05, 0) is 6.07 Å². The Bertz CT molecular complexity index is 140. The van der Waals surface area contributed by atoms with Crippen LogP contribution >= 0.6 is 0 Å². The van der Waals surface area contributed by atoms with Gasteiger partial charge in [0, 0.05) is 13.2 Å². The SMILES string of the molecule is Cn1cccc1[S-]. The van der Waals surface area contributed by atoms with Crippen molar-refractivity contribution in [3.05, 3.63) is 18.3 Å². The van der Waals surface area contributed by atoms with Crippen LogP contribution < -0.4 is 0 Å². The fourth-order valence-electron chi connectivity index (χ4n) is 0.445. The predicted octanol–water partition coefficient (Wildman–Crippen LogP) is 0.931. The van der Waals surface area contributed by atoms with Crippen LogP contribution in [0.3, 0.4) is 0 Å².